The number of carbonyl (C=O) groups excluding carboxylic acids is 1. The first-order valence-corrected chi connectivity index (χ1v) is 11.8. The number of carboxylic acids is 1. The first kappa shape index (κ1) is 24.9. The number of carboxylic acid groups (broad SMARTS) is 1. The Bertz CT molecular complexity index is 1150. The van der Waals surface area contributed by atoms with E-state index in [0.717, 1.165) is 16.7 Å². The van der Waals surface area contributed by atoms with Crippen molar-refractivity contribution in [3.05, 3.63) is 88.1 Å². The van der Waals surface area contributed by atoms with Gasteiger partial charge >= 0.3 is 5.97 Å². The van der Waals surface area contributed by atoms with Crippen LogP contribution in [-0.2, 0) is 33.5 Å². The standard InChI is InChI=1S/C26H27ClN2O6/c27-21-8-5-17(6-9-21)11-12-28-25(32)22-15-34-26(29-22)24-20(14-33-16-35-24)13-19-4-2-1-3-18(19)7-10-23(30)31/h1-6,8-9,15,20,24H,7,10-14,16H2,(H,28,32)(H,30,31). The maximum atomic E-state index is 12.6. The Morgan fingerprint density at radius 3 is 2.63 bits per heavy atom. The topological polar surface area (TPSA) is 111 Å². The Morgan fingerprint density at radius 1 is 1.09 bits per heavy atom. The Hall–Kier alpha value is -3.20. The molecule has 35 heavy (non-hydrogen) atoms. The molecule has 0 aliphatic carbocycles. The number of rotatable bonds is 10. The van der Waals surface area contributed by atoms with Gasteiger partial charge in [0.15, 0.2) is 5.69 Å². The monoisotopic (exact) mass is 498 g/mol. The van der Waals surface area contributed by atoms with Crippen LogP contribution in [0.15, 0.2) is 59.2 Å². The zero-order valence-corrected chi connectivity index (χ0v) is 19.9. The third kappa shape index (κ3) is 6.91. The molecule has 1 aliphatic rings. The van der Waals surface area contributed by atoms with Crippen LogP contribution < -0.4 is 5.32 Å². The predicted molar refractivity (Wildman–Crippen MR) is 128 cm³/mol. The van der Waals surface area contributed by atoms with Crippen LogP contribution in [0, 0.1) is 5.92 Å². The number of aliphatic carboxylic acids is 1. The Labute approximate surface area is 208 Å². The smallest absolute Gasteiger partial charge is 0.303 e. The van der Waals surface area contributed by atoms with Gasteiger partial charge in [0.2, 0.25) is 5.89 Å². The first-order valence-electron chi connectivity index (χ1n) is 11.5. The SMILES string of the molecule is O=C(O)CCc1ccccc1CC1COCOC1c1nc(C(=O)NCCc2ccc(Cl)cc2)co1. The average Bonchev–Trinajstić information content (AvgIpc) is 3.35. The van der Waals surface area contributed by atoms with Crippen LogP contribution >= 0.6 is 11.6 Å². The zero-order valence-electron chi connectivity index (χ0n) is 19.1. The van der Waals surface area contributed by atoms with Crippen LogP contribution in [0.2, 0.25) is 5.02 Å². The Morgan fingerprint density at radius 2 is 1.86 bits per heavy atom. The molecule has 2 atom stereocenters. The highest BCUT2D eigenvalue weighted by Gasteiger charge is 2.33. The number of oxazole rings is 1. The second-order valence-corrected chi connectivity index (χ2v) is 8.84. The molecule has 184 valence electrons. The van der Waals surface area contributed by atoms with Gasteiger partial charge < -0.3 is 24.3 Å². The number of hydrogen-bond acceptors (Lipinski definition) is 6. The predicted octanol–water partition coefficient (Wildman–Crippen LogP) is 4.22. The van der Waals surface area contributed by atoms with Crippen molar-refractivity contribution in [1.29, 1.82) is 0 Å². The van der Waals surface area contributed by atoms with E-state index in [9.17, 15) is 9.59 Å². The number of hydrogen-bond donors (Lipinski definition) is 2. The number of halogens is 1. The van der Waals surface area contributed by atoms with Gasteiger partial charge in [-0.25, -0.2) is 4.98 Å². The van der Waals surface area contributed by atoms with E-state index in [-0.39, 0.29) is 30.7 Å². The molecule has 1 saturated heterocycles. The molecule has 2 N–H and O–H groups in total. The van der Waals surface area contributed by atoms with Gasteiger partial charge in [0.05, 0.1) is 6.61 Å². The van der Waals surface area contributed by atoms with Gasteiger partial charge in [-0.05, 0) is 48.1 Å². The summed E-state index contributed by atoms with van der Waals surface area (Å²) in [5.41, 5.74) is 3.27. The lowest BCUT2D eigenvalue weighted by atomic mass is 9.90. The van der Waals surface area contributed by atoms with E-state index < -0.39 is 12.1 Å². The summed E-state index contributed by atoms with van der Waals surface area (Å²) in [6.07, 6.45) is 2.64. The van der Waals surface area contributed by atoms with Crippen LogP contribution in [0.5, 0.6) is 0 Å². The molecule has 3 aromatic rings. The molecule has 1 aromatic heterocycles. The minimum atomic E-state index is -0.833. The van der Waals surface area contributed by atoms with Crippen molar-refractivity contribution < 1.29 is 28.6 Å². The van der Waals surface area contributed by atoms with Gasteiger partial charge in [-0.15, -0.1) is 0 Å². The number of amides is 1. The van der Waals surface area contributed by atoms with E-state index in [0.29, 0.717) is 43.3 Å². The second-order valence-electron chi connectivity index (χ2n) is 8.41. The largest absolute Gasteiger partial charge is 0.481 e. The van der Waals surface area contributed by atoms with Crippen LogP contribution in [0.25, 0.3) is 0 Å². The quantitative estimate of drug-likeness (QED) is 0.430. The van der Waals surface area contributed by atoms with Crippen LogP contribution in [-0.4, -0.2) is 41.9 Å². The molecule has 2 unspecified atom stereocenters. The number of nitrogens with one attached hydrogen (secondary N) is 1. The summed E-state index contributed by atoms with van der Waals surface area (Å²) >= 11 is 5.90. The number of aryl methyl sites for hydroxylation is 1. The molecule has 0 saturated carbocycles. The number of nitrogens with zero attached hydrogens (tertiary/aromatic N) is 1. The van der Waals surface area contributed by atoms with Crippen LogP contribution in [0.4, 0.5) is 0 Å². The van der Waals surface area contributed by atoms with Gasteiger partial charge in [-0.3, -0.25) is 9.59 Å². The van der Waals surface area contributed by atoms with Crippen LogP contribution in [0.3, 0.4) is 0 Å². The summed E-state index contributed by atoms with van der Waals surface area (Å²) in [7, 11) is 0. The minimum Gasteiger partial charge on any atom is -0.481 e. The summed E-state index contributed by atoms with van der Waals surface area (Å²) in [5, 5.41) is 12.6. The summed E-state index contributed by atoms with van der Waals surface area (Å²) in [6.45, 7) is 0.988. The van der Waals surface area contributed by atoms with Gasteiger partial charge in [-0.1, -0.05) is 48.0 Å². The summed E-state index contributed by atoms with van der Waals surface area (Å²) in [4.78, 5) is 28.0. The van der Waals surface area contributed by atoms with E-state index in [1.807, 2.05) is 48.5 Å². The maximum absolute atomic E-state index is 12.6. The molecule has 0 bridgehead atoms. The molecule has 1 amide bonds. The average molecular weight is 499 g/mol. The summed E-state index contributed by atoms with van der Waals surface area (Å²) < 4.78 is 17.0. The molecule has 0 spiro atoms. The number of benzene rings is 2. The van der Waals surface area contributed by atoms with Crippen molar-refractivity contribution in [2.45, 2.75) is 31.8 Å². The molecule has 1 fully saturated rings. The van der Waals surface area contributed by atoms with Crippen molar-refractivity contribution >= 4 is 23.5 Å². The third-order valence-electron chi connectivity index (χ3n) is 5.91. The number of carbonyl (C=O) groups is 2. The fourth-order valence-electron chi connectivity index (χ4n) is 4.09. The lowest BCUT2D eigenvalue weighted by molar-refractivity contribution is -0.179. The lowest BCUT2D eigenvalue weighted by Gasteiger charge is -2.30. The molecule has 4 rings (SSSR count). The fourth-order valence-corrected chi connectivity index (χ4v) is 4.22. The highest BCUT2D eigenvalue weighted by atomic mass is 35.5. The van der Waals surface area contributed by atoms with E-state index in [4.69, 9.17) is 30.6 Å². The highest BCUT2D eigenvalue weighted by Crippen LogP contribution is 2.32. The van der Waals surface area contributed by atoms with Gasteiger partial charge in [0.1, 0.15) is 19.2 Å². The Kier molecular flexibility index (Phi) is 8.52. The first-order chi connectivity index (χ1) is 17.0. The van der Waals surface area contributed by atoms with Gasteiger partial charge in [0, 0.05) is 23.9 Å². The lowest BCUT2D eigenvalue weighted by Crippen LogP contribution is -2.30. The normalized spacial score (nSPS) is 17.7. The fraction of sp³-hybridized carbons (Fsp3) is 0.346. The molecule has 8 nitrogen and oxygen atoms in total. The van der Waals surface area contributed by atoms with E-state index >= 15 is 0 Å². The molecule has 2 heterocycles. The zero-order chi connectivity index (χ0) is 24.6. The third-order valence-corrected chi connectivity index (χ3v) is 6.16. The van der Waals surface area contributed by atoms with E-state index in [2.05, 4.69) is 10.3 Å². The number of ether oxygens (including phenoxy) is 2. The highest BCUT2D eigenvalue weighted by molar-refractivity contribution is 6.30. The van der Waals surface area contributed by atoms with Crippen molar-refractivity contribution in [1.82, 2.24) is 10.3 Å². The summed E-state index contributed by atoms with van der Waals surface area (Å²) in [5.74, 6) is -0.935. The van der Waals surface area contributed by atoms with Crippen molar-refractivity contribution in [3.8, 4) is 0 Å². The molecular formula is C26H27ClN2O6. The van der Waals surface area contributed by atoms with Crippen molar-refractivity contribution in [2.24, 2.45) is 5.92 Å². The number of aromatic nitrogens is 1. The molecule has 9 heteroatoms. The summed E-state index contributed by atoms with van der Waals surface area (Å²) in [6, 6.07) is 15.2. The van der Waals surface area contributed by atoms with Crippen molar-refractivity contribution in [2.75, 3.05) is 19.9 Å². The Balaban J connectivity index is 1.38. The van der Waals surface area contributed by atoms with Crippen molar-refractivity contribution in [3.63, 3.8) is 0 Å². The maximum Gasteiger partial charge on any atom is 0.303 e. The van der Waals surface area contributed by atoms with Gasteiger partial charge in [0.25, 0.3) is 5.91 Å². The molecular weight excluding hydrogens is 472 g/mol. The van der Waals surface area contributed by atoms with E-state index in [1.165, 1.54) is 6.26 Å². The molecule has 0 radical (unpaired) electrons. The van der Waals surface area contributed by atoms with Gasteiger partial charge in [-0.2, -0.15) is 0 Å². The van der Waals surface area contributed by atoms with E-state index in [1.54, 1.807) is 0 Å². The second kappa shape index (κ2) is 12.0. The molecule has 1 aliphatic heterocycles. The van der Waals surface area contributed by atoms with Crippen LogP contribution in [0.1, 0.15) is 45.6 Å². The molecule has 2 aromatic carbocycles. The minimum absolute atomic E-state index is 0.0638.